The molecule has 0 N–H and O–H groups in total. The molecule has 0 amide bonds. The van der Waals surface area contributed by atoms with Crippen LogP contribution in [0.4, 0.5) is 0 Å². The summed E-state index contributed by atoms with van der Waals surface area (Å²) in [5, 5.41) is 3.88. The second-order valence-corrected chi connectivity index (χ2v) is 16.9. The first-order valence-corrected chi connectivity index (χ1v) is 19.3. The lowest BCUT2D eigenvalue weighted by Crippen LogP contribution is -2.63. The average molecular weight is 693 g/mol. The second-order valence-electron chi connectivity index (χ2n) is 16.9. The van der Waals surface area contributed by atoms with E-state index in [1.807, 2.05) is 0 Å². The molecule has 0 radical (unpaired) electrons. The molecule has 9 aromatic rings. The molecule has 0 aliphatic carbocycles. The van der Waals surface area contributed by atoms with Gasteiger partial charge in [0.05, 0.1) is 16.7 Å². The predicted molar refractivity (Wildman–Crippen MR) is 230 cm³/mol. The Morgan fingerprint density at radius 1 is 0.537 bits per heavy atom. The van der Waals surface area contributed by atoms with Crippen molar-refractivity contribution in [2.75, 3.05) is 0 Å². The molecule has 2 aliphatic rings. The van der Waals surface area contributed by atoms with Crippen molar-refractivity contribution < 1.29 is 0 Å². The van der Waals surface area contributed by atoms with Crippen LogP contribution < -0.4 is 16.4 Å². The number of nitrogens with zero attached hydrogens (tertiary/aromatic N) is 2. The molecule has 0 unspecified atom stereocenters. The van der Waals surface area contributed by atoms with E-state index in [0.29, 0.717) is 0 Å². The van der Waals surface area contributed by atoms with Crippen molar-refractivity contribution >= 4 is 55.8 Å². The van der Waals surface area contributed by atoms with Crippen molar-refractivity contribution in [2.45, 2.75) is 45.4 Å². The molecule has 0 bridgehead atoms. The Morgan fingerprint density at radius 2 is 1.19 bits per heavy atom. The number of fused-ring (bicyclic) bond motifs is 10. The highest BCUT2D eigenvalue weighted by atomic mass is 15.0. The number of rotatable bonds is 3. The Bertz CT molecular complexity index is 2980. The second kappa shape index (κ2) is 11.0. The largest absolute Gasteiger partial charge is 0.310 e. The van der Waals surface area contributed by atoms with Crippen LogP contribution in [0.15, 0.2) is 158 Å². The van der Waals surface area contributed by atoms with Gasteiger partial charge in [0.2, 0.25) is 6.71 Å². The normalized spacial score (nSPS) is 14.1. The molecule has 2 aromatic heterocycles. The zero-order valence-electron chi connectivity index (χ0n) is 31.5. The van der Waals surface area contributed by atoms with Crippen LogP contribution in [0.2, 0.25) is 0 Å². The molecule has 0 fully saturated rings. The highest BCUT2D eigenvalue weighted by Crippen LogP contribution is 2.49. The quantitative estimate of drug-likeness (QED) is 0.163. The molecule has 0 atom stereocenters. The summed E-state index contributed by atoms with van der Waals surface area (Å²) in [4.78, 5) is 0. The standard InChI is InChI=1S/C51H41BN2/c1-50(2,3)34-25-29-42-41(31-34)52-40-24-16-15-23-38(40)51(4,5)39-28-26-37-45-43(54(42)49(37)46(39)52)30-27-36-44(32-17-9-6-10-18-32)47(33-19-11-7-12-20-33)53(48(36)45)35-21-13-8-14-22-35/h6-31H,1-5H3. The molecular weight excluding hydrogens is 651 g/mol. The molecule has 2 nitrogen and oxygen atoms in total. The lowest BCUT2D eigenvalue weighted by Gasteiger charge is -2.41. The fourth-order valence-corrected chi connectivity index (χ4v) is 10.1. The van der Waals surface area contributed by atoms with E-state index in [1.165, 1.54) is 93.9 Å². The molecule has 2 aliphatic heterocycles. The van der Waals surface area contributed by atoms with Crippen molar-refractivity contribution in [1.82, 2.24) is 9.13 Å². The fraction of sp³-hybridized carbons (Fsp3) is 0.137. The topological polar surface area (TPSA) is 9.86 Å². The smallest absolute Gasteiger partial charge is 0.247 e. The van der Waals surface area contributed by atoms with Crippen LogP contribution in [0.3, 0.4) is 0 Å². The third-order valence-corrected chi connectivity index (χ3v) is 12.5. The summed E-state index contributed by atoms with van der Waals surface area (Å²) >= 11 is 0. The van der Waals surface area contributed by atoms with Crippen LogP contribution in [0, 0.1) is 0 Å². The third-order valence-electron chi connectivity index (χ3n) is 12.5. The molecule has 0 saturated heterocycles. The van der Waals surface area contributed by atoms with Crippen LogP contribution >= 0.6 is 0 Å². The van der Waals surface area contributed by atoms with Gasteiger partial charge in [0.25, 0.3) is 0 Å². The van der Waals surface area contributed by atoms with E-state index in [4.69, 9.17) is 0 Å². The molecule has 0 spiro atoms. The van der Waals surface area contributed by atoms with Crippen LogP contribution in [-0.2, 0) is 10.8 Å². The Kier molecular flexibility index (Phi) is 6.41. The van der Waals surface area contributed by atoms with Crippen molar-refractivity contribution in [1.29, 1.82) is 0 Å². The van der Waals surface area contributed by atoms with E-state index >= 15 is 0 Å². The maximum absolute atomic E-state index is 2.62. The lowest BCUT2D eigenvalue weighted by atomic mass is 9.30. The van der Waals surface area contributed by atoms with Gasteiger partial charge in [0.1, 0.15) is 0 Å². The summed E-state index contributed by atoms with van der Waals surface area (Å²) in [7, 11) is 0. The number of aromatic nitrogens is 2. The third kappa shape index (κ3) is 4.13. The lowest BCUT2D eigenvalue weighted by molar-refractivity contribution is 0.590. The van der Waals surface area contributed by atoms with Crippen molar-refractivity contribution in [3.63, 3.8) is 0 Å². The van der Waals surface area contributed by atoms with E-state index in [9.17, 15) is 0 Å². The molecule has 54 heavy (non-hydrogen) atoms. The molecular formula is C51H41BN2. The maximum atomic E-state index is 2.62. The van der Waals surface area contributed by atoms with Gasteiger partial charge in [-0.3, -0.25) is 0 Å². The minimum atomic E-state index is -0.141. The Labute approximate surface area is 317 Å². The molecule has 0 saturated carbocycles. The Balaban J connectivity index is 1.38. The van der Waals surface area contributed by atoms with Crippen LogP contribution in [-0.4, -0.2) is 15.8 Å². The summed E-state index contributed by atoms with van der Waals surface area (Å²) in [6, 6.07) is 59.2. The molecule has 3 heteroatoms. The Hall–Kier alpha value is -6.06. The van der Waals surface area contributed by atoms with Crippen LogP contribution in [0.5, 0.6) is 0 Å². The average Bonchev–Trinajstić information content (AvgIpc) is 3.72. The van der Waals surface area contributed by atoms with E-state index in [-0.39, 0.29) is 17.5 Å². The summed E-state index contributed by atoms with van der Waals surface area (Å²) in [5.41, 5.74) is 19.6. The molecule has 4 heterocycles. The number of hydrogen-bond donors (Lipinski definition) is 0. The van der Waals surface area contributed by atoms with Gasteiger partial charge >= 0.3 is 0 Å². The van der Waals surface area contributed by atoms with Gasteiger partial charge in [-0.25, -0.2) is 0 Å². The van der Waals surface area contributed by atoms with Crippen LogP contribution in [0.1, 0.15) is 51.3 Å². The first-order chi connectivity index (χ1) is 26.2. The fourth-order valence-electron chi connectivity index (χ4n) is 10.1. The first-order valence-electron chi connectivity index (χ1n) is 19.3. The van der Waals surface area contributed by atoms with Gasteiger partial charge in [0.15, 0.2) is 0 Å². The number of hydrogen-bond acceptors (Lipinski definition) is 0. The van der Waals surface area contributed by atoms with Gasteiger partial charge in [-0.05, 0) is 68.4 Å². The Morgan fingerprint density at radius 3 is 1.91 bits per heavy atom. The van der Waals surface area contributed by atoms with E-state index in [1.54, 1.807) is 0 Å². The summed E-state index contributed by atoms with van der Waals surface area (Å²) in [6.45, 7) is 12.0. The van der Waals surface area contributed by atoms with Crippen LogP contribution in [0.25, 0.3) is 66.5 Å². The summed E-state index contributed by atoms with van der Waals surface area (Å²) < 4.78 is 5.18. The molecule has 11 rings (SSSR count). The van der Waals surface area contributed by atoms with Gasteiger partial charge < -0.3 is 9.13 Å². The van der Waals surface area contributed by atoms with Gasteiger partial charge in [-0.1, -0.05) is 174 Å². The van der Waals surface area contributed by atoms with Crippen molar-refractivity contribution in [3.8, 4) is 33.8 Å². The van der Waals surface area contributed by atoms with Gasteiger partial charge in [-0.2, -0.15) is 0 Å². The van der Waals surface area contributed by atoms with Crippen molar-refractivity contribution in [3.05, 3.63) is 174 Å². The minimum absolute atomic E-state index is 0.0285. The number of para-hydroxylation sites is 1. The summed E-state index contributed by atoms with van der Waals surface area (Å²) in [6.07, 6.45) is 0. The van der Waals surface area contributed by atoms with Crippen molar-refractivity contribution in [2.24, 2.45) is 0 Å². The zero-order valence-corrected chi connectivity index (χ0v) is 31.5. The SMILES string of the molecule is CC(C)(C)c1ccc2c(c1)B1c3ccccc3C(C)(C)c3ccc4c5c6c(ccc5n-2c4c31)c(-c1ccccc1)c(-c1ccccc1)n6-c1ccccc1. The van der Waals surface area contributed by atoms with E-state index in [2.05, 4.69) is 201 Å². The zero-order chi connectivity index (χ0) is 36.5. The number of benzene rings is 7. The summed E-state index contributed by atoms with van der Waals surface area (Å²) in [5.74, 6) is 0. The van der Waals surface area contributed by atoms with E-state index in [0.717, 1.165) is 5.69 Å². The first kappa shape index (κ1) is 31.5. The molecule has 7 aromatic carbocycles. The monoisotopic (exact) mass is 692 g/mol. The maximum Gasteiger partial charge on any atom is 0.247 e. The minimum Gasteiger partial charge on any atom is -0.310 e. The predicted octanol–water partition coefficient (Wildman–Crippen LogP) is 10.8. The highest BCUT2D eigenvalue weighted by molar-refractivity contribution is 6.99. The molecule has 258 valence electrons. The van der Waals surface area contributed by atoms with E-state index < -0.39 is 0 Å². The van der Waals surface area contributed by atoms with Gasteiger partial charge in [0, 0.05) is 44.0 Å². The van der Waals surface area contributed by atoms with Gasteiger partial charge in [-0.15, -0.1) is 0 Å². The highest BCUT2D eigenvalue weighted by Gasteiger charge is 2.45.